The van der Waals surface area contributed by atoms with Crippen LogP contribution < -0.4 is 10.6 Å². The van der Waals surface area contributed by atoms with Gasteiger partial charge in [-0.1, -0.05) is 36.0 Å². The van der Waals surface area contributed by atoms with Crippen LogP contribution in [0.2, 0.25) is 10.0 Å². The summed E-state index contributed by atoms with van der Waals surface area (Å²) in [5.74, 6) is 0. The van der Waals surface area contributed by atoms with Crippen LogP contribution in [0.25, 0.3) is 0 Å². The van der Waals surface area contributed by atoms with Crippen LogP contribution in [0, 0.1) is 0 Å². The van der Waals surface area contributed by atoms with Gasteiger partial charge < -0.3 is 10.6 Å². The zero-order chi connectivity index (χ0) is 13.7. The predicted octanol–water partition coefficient (Wildman–Crippen LogP) is 4.72. The molecule has 1 fully saturated rings. The molecule has 2 rings (SSSR count). The molecule has 0 spiro atoms. The molecule has 0 saturated carbocycles. The molecule has 0 radical (unpaired) electrons. The lowest BCUT2D eigenvalue weighted by Gasteiger charge is -2.22. The van der Waals surface area contributed by atoms with Gasteiger partial charge in [-0.2, -0.15) is 0 Å². The first kappa shape index (κ1) is 15.0. The summed E-state index contributed by atoms with van der Waals surface area (Å²) in [4.78, 5) is 0. The van der Waals surface area contributed by atoms with Gasteiger partial charge in [0.05, 0.1) is 10.7 Å². The maximum atomic E-state index is 6.18. The summed E-state index contributed by atoms with van der Waals surface area (Å²) in [7, 11) is 0. The summed E-state index contributed by atoms with van der Waals surface area (Å²) in [5.41, 5.74) is 0.965. The van der Waals surface area contributed by atoms with Crippen LogP contribution in [-0.4, -0.2) is 18.6 Å². The molecule has 1 aromatic rings. The summed E-state index contributed by atoms with van der Waals surface area (Å²) in [6, 6.07) is 6.61. The van der Waals surface area contributed by atoms with E-state index in [1.165, 1.54) is 25.7 Å². The average Bonchev–Trinajstić information content (AvgIpc) is 2.61. The number of benzene rings is 1. The van der Waals surface area contributed by atoms with Gasteiger partial charge in [-0.25, -0.2) is 0 Å². The molecule has 1 aliphatic heterocycles. The molecule has 1 aliphatic rings. The third-order valence-corrected chi connectivity index (χ3v) is 4.18. The van der Waals surface area contributed by atoms with Crippen molar-refractivity contribution in [1.82, 2.24) is 5.32 Å². The molecule has 1 saturated heterocycles. The number of nitrogens with one attached hydrogen (secondary N) is 2. The number of halogens is 2. The molecule has 1 aromatic carbocycles. The Bertz CT molecular complexity index is 401. The zero-order valence-electron chi connectivity index (χ0n) is 11.4. The minimum Gasteiger partial charge on any atom is -0.381 e. The molecule has 0 amide bonds. The van der Waals surface area contributed by atoms with Crippen molar-refractivity contribution >= 4 is 28.9 Å². The Morgan fingerprint density at radius 3 is 2.95 bits per heavy atom. The molecule has 2 N–H and O–H groups in total. The highest BCUT2D eigenvalue weighted by Crippen LogP contribution is 2.26. The molecule has 106 valence electrons. The molecule has 2 nitrogen and oxygen atoms in total. The van der Waals surface area contributed by atoms with Gasteiger partial charge >= 0.3 is 0 Å². The number of hydrogen-bond donors (Lipinski definition) is 2. The van der Waals surface area contributed by atoms with Gasteiger partial charge in [-0.05, 0) is 50.9 Å². The first-order valence-corrected chi connectivity index (χ1v) is 7.85. The van der Waals surface area contributed by atoms with Crippen LogP contribution in [-0.2, 0) is 0 Å². The average molecular weight is 301 g/mol. The second-order valence-corrected chi connectivity index (χ2v) is 6.25. The lowest BCUT2D eigenvalue weighted by molar-refractivity contribution is 0.456. The largest absolute Gasteiger partial charge is 0.381 e. The molecule has 0 aromatic heterocycles. The Morgan fingerprint density at radius 2 is 2.16 bits per heavy atom. The molecular formula is C15H22Cl2N2. The van der Waals surface area contributed by atoms with E-state index < -0.39 is 0 Å². The highest BCUT2D eigenvalue weighted by molar-refractivity contribution is 6.36. The van der Waals surface area contributed by atoms with Crippen LogP contribution >= 0.6 is 23.2 Å². The van der Waals surface area contributed by atoms with Crippen molar-refractivity contribution in [3.8, 4) is 0 Å². The summed E-state index contributed by atoms with van der Waals surface area (Å²) in [6.07, 6.45) is 6.40. The van der Waals surface area contributed by atoms with Crippen LogP contribution in [0.5, 0.6) is 0 Å². The molecule has 19 heavy (non-hydrogen) atoms. The molecule has 2 atom stereocenters. The van der Waals surface area contributed by atoms with Crippen molar-refractivity contribution in [1.29, 1.82) is 0 Å². The fourth-order valence-corrected chi connectivity index (χ4v) is 3.12. The van der Waals surface area contributed by atoms with Crippen molar-refractivity contribution in [2.45, 2.75) is 51.1 Å². The smallest absolute Gasteiger partial charge is 0.0652 e. The van der Waals surface area contributed by atoms with Crippen LogP contribution in [0.15, 0.2) is 18.2 Å². The van der Waals surface area contributed by atoms with Gasteiger partial charge in [0.15, 0.2) is 0 Å². The van der Waals surface area contributed by atoms with Gasteiger partial charge in [-0.3, -0.25) is 0 Å². The van der Waals surface area contributed by atoms with Gasteiger partial charge in [0.2, 0.25) is 0 Å². The molecule has 2 unspecified atom stereocenters. The van der Waals surface area contributed by atoms with E-state index in [9.17, 15) is 0 Å². The van der Waals surface area contributed by atoms with Crippen LogP contribution in [0.1, 0.15) is 39.0 Å². The molecular weight excluding hydrogens is 279 g/mol. The van der Waals surface area contributed by atoms with Crippen LogP contribution in [0.4, 0.5) is 5.69 Å². The second-order valence-electron chi connectivity index (χ2n) is 5.41. The summed E-state index contributed by atoms with van der Waals surface area (Å²) >= 11 is 12.1. The van der Waals surface area contributed by atoms with E-state index in [4.69, 9.17) is 23.2 Å². The maximum absolute atomic E-state index is 6.18. The quantitative estimate of drug-likeness (QED) is 0.841. The Hall–Kier alpha value is -0.440. The second kappa shape index (κ2) is 7.37. The minimum absolute atomic E-state index is 0.397. The van der Waals surface area contributed by atoms with Crippen LogP contribution in [0.3, 0.4) is 0 Å². The number of rotatable bonds is 4. The van der Waals surface area contributed by atoms with E-state index in [2.05, 4.69) is 17.6 Å². The number of hydrogen-bond acceptors (Lipinski definition) is 2. The molecule has 0 bridgehead atoms. The first-order valence-electron chi connectivity index (χ1n) is 7.10. The van der Waals surface area contributed by atoms with Crippen molar-refractivity contribution in [2.75, 3.05) is 11.9 Å². The van der Waals surface area contributed by atoms with Crippen molar-refractivity contribution in [2.24, 2.45) is 0 Å². The van der Waals surface area contributed by atoms with Gasteiger partial charge in [0.25, 0.3) is 0 Å². The Kier molecular flexibility index (Phi) is 5.80. The standard InChI is InChI=1S/C15H22Cl2N2/c1-11(9-13-5-3-2-4-8-18-13)19-15-7-6-12(16)10-14(15)17/h6-7,10-11,13,18-19H,2-5,8-9H2,1H3. The van der Waals surface area contributed by atoms with Gasteiger partial charge in [-0.15, -0.1) is 0 Å². The predicted molar refractivity (Wildman–Crippen MR) is 84.4 cm³/mol. The summed E-state index contributed by atoms with van der Waals surface area (Å²) < 4.78 is 0. The van der Waals surface area contributed by atoms with E-state index in [1.807, 2.05) is 12.1 Å². The van der Waals surface area contributed by atoms with E-state index in [0.29, 0.717) is 22.1 Å². The first-order chi connectivity index (χ1) is 9.15. The summed E-state index contributed by atoms with van der Waals surface area (Å²) in [5, 5.41) is 8.47. The van der Waals surface area contributed by atoms with Gasteiger partial charge in [0, 0.05) is 17.1 Å². The van der Waals surface area contributed by atoms with E-state index in [0.717, 1.165) is 18.7 Å². The SMILES string of the molecule is CC(CC1CCCCCN1)Nc1ccc(Cl)cc1Cl. The van der Waals surface area contributed by atoms with E-state index in [1.54, 1.807) is 6.07 Å². The monoisotopic (exact) mass is 300 g/mol. The molecule has 0 aliphatic carbocycles. The third-order valence-electron chi connectivity index (χ3n) is 3.63. The van der Waals surface area contributed by atoms with Crippen molar-refractivity contribution < 1.29 is 0 Å². The molecule has 1 heterocycles. The fourth-order valence-electron chi connectivity index (χ4n) is 2.66. The van der Waals surface area contributed by atoms with E-state index in [-0.39, 0.29) is 0 Å². The normalized spacial score (nSPS) is 21.7. The number of anilines is 1. The lowest BCUT2D eigenvalue weighted by Crippen LogP contribution is -2.33. The summed E-state index contributed by atoms with van der Waals surface area (Å²) in [6.45, 7) is 3.36. The highest BCUT2D eigenvalue weighted by atomic mass is 35.5. The highest BCUT2D eigenvalue weighted by Gasteiger charge is 2.15. The maximum Gasteiger partial charge on any atom is 0.0652 e. The fraction of sp³-hybridized carbons (Fsp3) is 0.600. The Balaban J connectivity index is 1.87. The van der Waals surface area contributed by atoms with Crippen molar-refractivity contribution in [3.05, 3.63) is 28.2 Å². The lowest BCUT2D eigenvalue weighted by atomic mass is 10.0. The Labute approximate surface area is 125 Å². The third kappa shape index (κ3) is 4.87. The van der Waals surface area contributed by atoms with Crippen molar-refractivity contribution in [3.63, 3.8) is 0 Å². The van der Waals surface area contributed by atoms with Gasteiger partial charge in [0.1, 0.15) is 0 Å². The Morgan fingerprint density at radius 1 is 1.32 bits per heavy atom. The molecule has 4 heteroatoms. The van der Waals surface area contributed by atoms with E-state index >= 15 is 0 Å². The minimum atomic E-state index is 0.397. The zero-order valence-corrected chi connectivity index (χ0v) is 12.9. The topological polar surface area (TPSA) is 24.1 Å².